The van der Waals surface area contributed by atoms with Gasteiger partial charge in [0.05, 0.1) is 28.8 Å². The summed E-state index contributed by atoms with van der Waals surface area (Å²) in [6.45, 7) is 0. The summed E-state index contributed by atoms with van der Waals surface area (Å²) in [5.41, 5.74) is 5.17. The highest BCUT2D eigenvalue weighted by molar-refractivity contribution is 5.82. The van der Waals surface area contributed by atoms with E-state index in [0.29, 0.717) is 16.7 Å². The number of hydrogen-bond donors (Lipinski definition) is 0. The molecule has 3 nitrogen and oxygen atoms in total. The zero-order chi connectivity index (χ0) is 16.9. The van der Waals surface area contributed by atoms with Crippen molar-refractivity contribution in [1.29, 1.82) is 15.8 Å². The summed E-state index contributed by atoms with van der Waals surface area (Å²) in [6, 6.07) is 26.5. The molecule has 0 fully saturated rings. The standard InChI is InChI=1S/C21H11N3/c22-12-15-4-8-17(9-5-15)19-2-1-3-20(21(19)14-24)18-10-6-16(13-23)7-11-18/h1-11H. The Bertz CT molecular complexity index is 933. The second-order valence-corrected chi connectivity index (χ2v) is 5.22. The molecule has 0 N–H and O–H groups in total. The molecule has 3 heteroatoms. The minimum absolute atomic E-state index is 0.576. The van der Waals surface area contributed by atoms with E-state index in [1.165, 1.54) is 0 Å². The molecule has 0 aliphatic rings. The lowest BCUT2D eigenvalue weighted by Gasteiger charge is -2.10. The van der Waals surface area contributed by atoms with E-state index in [1.807, 2.05) is 42.5 Å². The van der Waals surface area contributed by atoms with Crippen LogP contribution in [0.3, 0.4) is 0 Å². The fourth-order valence-corrected chi connectivity index (χ4v) is 2.60. The first-order valence-corrected chi connectivity index (χ1v) is 7.31. The van der Waals surface area contributed by atoms with Crippen LogP contribution in [-0.2, 0) is 0 Å². The van der Waals surface area contributed by atoms with Crippen molar-refractivity contribution in [3.8, 4) is 40.5 Å². The maximum atomic E-state index is 9.67. The Labute approximate surface area is 140 Å². The van der Waals surface area contributed by atoms with Gasteiger partial charge in [-0.25, -0.2) is 0 Å². The third kappa shape index (κ3) is 2.73. The van der Waals surface area contributed by atoms with Crippen LogP contribution in [0.25, 0.3) is 22.3 Å². The van der Waals surface area contributed by atoms with Crippen molar-refractivity contribution in [1.82, 2.24) is 0 Å². The molecule has 110 valence electrons. The van der Waals surface area contributed by atoms with E-state index < -0.39 is 0 Å². The molecule has 0 bridgehead atoms. The van der Waals surface area contributed by atoms with Crippen LogP contribution in [0.2, 0.25) is 0 Å². The monoisotopic (exact) mass is 305 g/mol. The predicted molar refractivity (Wildman–Crippen MR) is 91.5 cm³/mol. The van der Waals surface area contributed by atoms with Crippen molar-refractivity contribution >= 4 is 0 Å². The summed E-state index contributed by atoms with van der Waals surface area (Å²) in [7, 11) is 0. The van der Waals surface area contributed by atoms with Crippen molar-refractivity contribution < 1.29 is 0 Å². The lowest BCUT2D eigenvalue weighted by atomic mass is 9.92. The van der Waals surface area contributed by atoms with E-state index >= 15 is 0 Å². The summed E-state index contributed by atoms with van der Waals surface area (Å²) in [5.74, 6) is 0. The van der Waals surface area contributed by atoms with Crippen molar-refractivity contribution in [3.05, 3.63) is 83.4 Å². The molecule has 0 saturated heterocycles. The van der Waals surface area contributed by atoms with Gasteiger partial charge < -0.3 is 0 Å². The van der Waals surface area contributed by atoms with Gasteiger partial charge in [0.15, 0.2) is 0 Å². The quantitative estimate of drug-likeness (QED) is 0.692. The number of benzene rings is 3. The Hall–Kier alpha value is -3.87. The Kier molecular flexibility index (Phi) is 4.07. The van der Waals surface area contributed by atoms with E-state index in [2.05, 4.69) is 18.2 Å². The van der Waals surface area contributed by atoms with E-state index in [4.69, 9.17) is 10.5 Å². The Morgan fingerprint density at radius 1 is 0.500 bits per heavy atom. The normalized spacial score (nSPS) is 9.54. The molecule has 0 aromatic heterocycles. The maximum absolute atomic E-state index is 9.67. The molecule has 0 unspecified atom stereocenters. The van der Waals surface area contributed by atoms with Gasteiger partial charge in [0.2, 0.25) is 0 Å². The van der Waals surface area contributed by atoms with Crippen LogP contribution in [-0.4, -0.2) is 0 Å². The van der Waals surface area contributed by atoms with Gasteiger partial charge in [-0.15, -0.1) is 0 Å². The maximum Gasteiger partial charge on any atom is 0.100 e. The van der Waals surface area contributed by atoms with Gasteiger partial charge in [-0.1, -0.05) is 42.5 Å². The van der Waals surface area contributed by atoms with Gasteiger partial charge in [-0.05, 0) is 35.4 Å². The number of rotatable bonds is 2. The average molecular weight is 305 g/mol. The Morgan fingerprint density at radius 2 is 0.917 bits per heavy atom. The fourth-order valence-electron chi connectivity index (χ4n) is 2.60. The lowest BCUT2D eigenvalue weighted by Crippen LogP contribution is -1.90. The smallest absolute Gasteiger partial charge is 0.100 e. The van der Waals surface area contributed by atoms with Gasteiger partial charge in [0.25, 0.3) is 0 Å². The van der Waals surface area contributed by atoms with Crippen molar-refractivity contribution in [3.63, 3.8) is 0 Å². The zero-order valence-corrected chi connectivity index (χ0v) is 12.7. The number of nitriles is 3. The highest BCUT2D eigenvalue weighted by atomic mass is 14.3. The third-order valence-electron chi connectivity index (χ3n) is 3.83. The van der Waals surface area contributed by atoms with E-state index in [1.54, 1.807) is 24.3 Å². The van der Waals surface area contributed by atoms with Gasteiger partial charge in [0, 0.05) is 11.1 Å². The molecule has 0 heterocycles. The summed E-state index contributed by atoms with van der Waals surface area (Å²) in [6.07, 6.45) is 0. The molecule has 3 aromatic rings. The topological polar surface area (TPSA) is 71.4 Å². The Balaban J connectivity index is 2.14. The van der Waals surface area contributed by atoms with Gasteiger partial charge in [-0.3, -0.25) is 0 Å². The largest absolute Gasteiger partial charge is 0.192 e. The average Bonchev–Trinajstić information content (AvgIpc) is 2.67. The fraction of sp³-hybridized carbons (Fsp3) is 0. The van der Waals surface area contributed by atoms with E-state index in [0.717, 1.165) is 22.3 Å². The van der Waals surface area contributed by atoms with Crippen LogP contribution in [0.5, 0.6) is 0 Å². The van der Waals surface area contributed by atoms with Crippen LogP contribution in [0.15, 0.2) is 66.7 Å². The molecule has 0 amide bonds. The van der Waals surface area contributed by atoms with Gasteiger partial charge >= 0.3 is 0 Å². The molecule has 0 saturated carbocycles. The SMILES string of the molecule is N#Cc1ccc(-c2cccc(-c3ccc(C#N)cc3)c2C#N)cc1. The van der Waals surface area contributed by atoms with Gasteiger partial charge in [0.1, 0.15) is 6.07 Å². The molecule has 0 aliphatic heterocycles. The first-order chi connectivity index (χ1) is 11.8. The second kappa shape index (κ2) is 6.49. The van der Waals surface area contributed by atoms with Crippen molar-refractivity contribution in [2.24, 2.45) is 0 Å². The molecular formula is C21H11N3. The van der Waals surface area contributed by atoms with E-state index in [-0.39, 0.29) is 0 Å². The van der Waals surface area contributed by atoms with Crippen LogP contribution in [0, 0.1) is 34.0 Å². The van der Waals surface area contributed by atoms with Crippen LogP contribution < -0.4 is 0 Å². The molecule has 0 spiro atoms. The van der Waals surface area contributed by atoms with Crippen LogP contribution in [0.4, 0.5) is 0 Å². The van der Waals surface area contributed by atoms with Crippen LogP contribution in [0.1, 0.15) is 16.7 Å². The number of nitrogens with zero attached hydrogens (tertiary/aromatic N) is 3. The molecular weight excluding hydrogens is 294 g/mol. The number of hydrogen-bond acceptors (Lipinski definition) is 3. The van der Waals surface area contributed by atoms with Crippen molar-refractivity contribution in [2.75, 3.05) is 0 Å². The molecule has 3 aromatic carbocycles. The molecule has 0 aliphatic carbocycles. The lowest BCUT2D eigenvalue weighted by molar-refractivity contribution is 1.45. The Morgan fingerprint density at radius 3 is 1.25 bits per heavy atom. The second-order valence-electron chi connectivity index (χ2n) is 5.22. The summed E-state index contributed by atoms with van der Waals surface area (Å²) < 4.78 is 0. The molecule has 24 heavy (non-hydrogen) atoms. The highest BCUT2D eigenvalue weighted by Gasteiger charge is 2.11. The zero-order valence-electron chi connectivity index (χ0n) is 12.7. The summed E-state index contributed by atoms with van der Waals surface area (Å²) in [5, 5.41) is 27.5. The van der Waals surface area contributed by atoms with Crippen LogP contribution >= 0.6 is 0 Å². The summed E-state index contributed by atoms with van der Waals surface area (Å²) in [4.78, 5) is 0. The minimum atomic E-state index is 0.576. The summed E-state index contributed by atoms with van der Waals surface area (Å²) >= 11 is 0. The third-order valence-corrected chi connectivity index (χ3v) is 3.83. The minimum Gasteiger partial charge on any atom is -0.192 e. The molecule has 0 radical (unpaired) electrons. The predicted octanol–water partition coefficient (Wildman–Crippen LogP) is 4.64. The molecule has 0 atom stereocenters. The highest BCUT2D eigenvalue weighted by Crippen LogP contribution is 2.32. The van der Waals surface area contributed by atoms with Gasteiger partial charge in [-0.2, -0.15) is 15.8 Å². The van der Waals surface area contributed by atoms with Crippen molar-refractivity contribution in [2.45, 2.75) is 0 Å². The van der Waals surface area contributed by atoms with E-state index in [9.17, 15) is 5.26 Å². The molecule has 3 rings (SSSR count). The first kappa shape index (κ1) is 15.0. The first-order valence-electron chi connectivity index (χ1n) is 7.31.